The van der Waals surface area contributed by atoms with Crippen molar-refractivity contribution in [3.8, 4) is 5.75 Å². The first-order chi connectivity index (χ1) is 7.72. The number of hydrogen-bond donors (Lipinski definition) is 1. The summed E-state index contributed by atoms with van der Waals surface area (Å²) in [7, 11) is 1.53. The zero-order valence-corrected chi connectivity index (χ0v) is 9.93. The molecule has 0 aliphatic carbocycles. The van der Waals surface area contributed by atoms with E-state index in [1.165, 1.54) is 7.11 Å². The number of methoxy groups -OCH3 is 1. The molecule has 2 rings (SSSR count). The molecule has 1 saturated heterocycles. The molecule has 0 spiro atoms. The first-order valence-electron chi connectivity index (χ1n) is 5.43. The molecule has 2 unspecified atom stereocenters. The van der Waals surface area contributed by atoms with Crippen LogP contribution in [-0.4, -0.2) is 19.7 Å². The minimum absolute atomic E-state index is 0.0779. The molecule has 1 N–H and O–H groups in total. The predicted octanol–water partition coefficient (Wildman–Crippen LogP) is 3.11. The van der Waals surface area contributed by atoms with E-state index in [1.807, 2.05) is 0 Å². The van der Waals surface area contributed by atoms with Gasteiger partial charge in [0.05, 0.1) is 12.1 Å². The molecule has 2 atom stereocenters. The highest BCUT2D eigenvalue weighted by molar-refractivity contribution is 6.32. The Kier molecular flexibility index (Phi) is 3.66. The lowest BCUT2D eigenvalue weighted by atomic mass is 10.0. The van der Waals surface area contributed by atoms with E-state index in [0.717, 1.165) is 19.4 Å². The molecule has 2 nitrogen and oxygen atoms in total. The Labute approximate surface area is 99.7 Å². The fourth-order valence-corrected chi connectivity index (χ4v) is 2.24. The van der Waals surface area contributed by atoms with Gasteiger partial charge in [-0.1, -0.05) is 17.7 Å². The van der Waals surface area contributed by atoms with Crippen molar-refractivity contribution in [1.29, 1.82) is 0 Å². The second-order valence-corrected chi connectivity index (χ2v) is 4.41. The Morgan fingerprint density at radius 1 is 1.56 bits per heavy atom. The van der Waals surface area contributed by atoms with Gasteiger partial charge in [0.1, 0.15) is 11.9 Å². The molecular weight excluding hydrogens is 229 g/mol. The largest absolute Gasteiger partial charge is 0.495 e. The molecule has 0 amide bonds. The van der Waals surface area contributed by atoms with Crippen molar-refractivity contribution in [2.24, 2.45) is 0 Å². The number of halogens is 2. The van der Waals surface area contributed by atoms with E-state index < -0.39 is 6.17 Å². The van der Waals surface area contributed by atoms with E-state index in [0.29, 0.717) is 16.3 Å². The third-order valence-electron chi connectivity index (χ3n) is 2.95. The summed E-state index contributed by atoms with van der Waals surface area (Å²) in [6, 6.07) is 4.99. The number of alkyl halides is 1. The highest BCUT2D eigenvalue weighted by atomic mass is 35.5. The number of nitrogens with one attached hydrogen (secondary N) is 1. The monoisotopic (exact) mass is 243 g/mol. The van der Waals surface area contributed by atoms with Gasteiger partial charge < -0.3 is 10.1 Å². The summed E-state index contributed by atoms with van der Waals surface area (Å²) in [5, 5.41) is 3.67. The molecule has 88 valence electrons. The third-order valence-corrected chi connectivity index (χ3v) is 3.26. The lowest BCUT2D eigenvalue weighted by Gasteiger charge is -2.17. The average molecular weight is 244 g/mol. The third kappa shape index (κ3) is 2.30. The molecule has 1 fully saturated rings. The SMILES string of the molecule is COc1cc(C(F)C2CCCN2)ccc1Cl. The van der Waals surface area contributed by atoms with Gasteiger partial charge in [-0.25, -0.2) is 4.39 Å². The maximum Gasteiger partial charge on any atom is 0.140 e. The second-order valence-electron chi connectivity index (χ2n) is 4.00. The van der Waals surface area contributed by atoms with Gasteiger partial charge in [-0.15, -0.1) is 0 Å². The van der Waals surface area contributed by atoms with Crippen LogP contribution >= 0.6 is 11.6 Å². The number of benzene rings is 1. The van der Waals surface area contributed by atoms with Crippen molar-refractivity contribution in [1.82, 2.24) is 5.32 Å². The van der Waals surface area contributed by atoms with Crippen LogP contribution in [0.2, 0.25) is 5.02 Å². The van der Waals surface area contributed by atoms with Crippen LogP contribution < -0.4 is 10.1 Å². The van der Waals surface area contributed by atoms with Gasteiger partial charge in [-0.05, 0) is 37.1 Å². The Morgan fingerprint density at radius 2 is 2.38 bits per heavy atom. The summed E-state index contributed by atoms with van der Waals surface area (Å²) in [6.07, 6.45) is 0.927. The average Bonchev–Trinajstić information content (AvgIpc) is 2.82. The molecule has 0 saturated carbocycles. The zero-order valence-electron chi connectivity index (χ0n) is 9.17. The van der Waals surface area contributed by atoms with Gasteiger partial charge in [0.15, 0.2) is 0 Å². The van der Waals surface area contributed by atoms with E-state index >= 15 is 0 Å². The van der Waals surface area contributed by atoms with Gasteiger partial charge >= 0.3 is 0 Å². The quantitative estimate of drug-likeness (QED) is 0.881. The number of hydrogen-bond acceptors (Lipinski definition) is 2. The van der Waals surface area contributed by atoms with Crippen LogP contribution in [0.1, 0.15) is 24.6 Å². The standard InChI is InChI=1S/C12H15ClFNO/c1-16-11-7-8(4-5-9(11)13)12(14)10-3-2-6-15-10/h4-5,7,10,12,15H,2-3,6H2,1H3. The molecular formula is C12H15ClFNO. The minimum atomic E-state index is -0.992. The molecule has 0 bridgehead atoms. The van der Waals surface area contributed by atoms with Crippen LogP contribution in [0.15, 0.2) is 18.2 Å². The maximum absolute atomic E-state index is 14.1. The summed E-state index contributed by atoms with van der Waals surface area (Å²) in [5.41, 5.74) is 0.626. The van der Waals surface area contributed by atoms with Gasteiger partial charge in [-0.2, -0.15) is 0 Å². The van der Waals surface area contributed by atoms with E-state index in [4.69, 9.17) is 16.3 Å². The van der Waals surface area contributed by atoms with Crippen LogP contribution in [0.3, 0.4) is 0 Å². The fourth-order valence-electron chi connectivity index (χ4n) is 2.04. The van der Waals surface area contributed by atoms with Crippen molar-refractivity contribution in [3.63, 3.8) is 0 Å². The topological polar surface area (TPSA) is 21.3 Å². The maximum atomic E-state index is 14.1. The molecule has 1 aromatic rings. The molecule has 1 aliphatic rings. The molecule has 0 radical (unpaired) electrons. The summed E-state index contributed by atoms with van der Waals surface area (Å²) >= 11 is 5.90. The van der Waals surface area contributed by atoms with Gasteiger partial charge in [0.25, 0.3) is 0 Å². The first kappa shape index (κ1) is 11.7. The second kappa shape index (κ2) is 5.02. The van der Waals surface area contributed by atoms with Gasteiger partial charge in [0.2, 0.25) is 0 Å². The summed E-state index contributed by atoms with van der Waals surface area (Å²) in [6.45, 7) is 0.899. The van der Waals surface area contributed by atoms with Gasteiger partial charge in [-0.3, -0.25) is 0 Å². The molecule has 0 aromatic heterocycles. The van der Waals surface area contributed by atoms with E-state index in [9.17, 15) is 4.39 Å². The number of rotatable bonds is 3. The van der Waals surface area contributed by atoms with Crippen molar-refractivity contribution in [2.45, 2.75) is 25.1 Å². The molecule has 16 heavy (non-hydrogen) atoms. The lowest BCUT2D eigenvalue weighted by molar-refractivity contribution is 0.270. The normalized spacial score (nSPS) is 22.1. The summed E-state index contributed by atoms with van der Waals surface area (Å²) < 4.78 is 19.2. The first-order valence-corrected chi connectivity index (χ1v) is 5.81. The van der Waals surface area contributed by atoms with E-state index in [-0.39, 0.29) is 6.04 Å². The molecule has 1 heterocycles. The molecule has 4 heteroatoms. The Hall–Kier alpha value is -0.800. The highest BCUT2D eigenvalue weighted by Gasteiger charge is 2.26. The van der Waals surface area contributed by atoms with Crippen LogP contribution in [0.5, 0.6) is 5.75 Å². The van der Waals surface area contributed by atoms with Crippen molar-refractivity contribution in [2.75, 3.05) is 13.7 Å². The molecule has 1 aromatic carbocycles. The Bertz CT molecular complexity index is 366. The highest BCUT2D eigenvalue weighted by Crippen LogP contribution is 2.32. The van der Waals surface area contributed by atoms with Crippen molar-refractivity contribution < 1.29 is 9.13 Å². The smallest absolute Gasteiger partial charge is 0.140 e. The molecule has 1 aliphatic heterocycles. The lowest BCUT2D eigenvalue weighted by Crippen LogP contribution is -2.26. The van der Waals surface area contributed by atoms with Crippen LogP contribution in [-0.2, 0) is 0 Å². The Balaban J connectivity index is 2.19. The van der Waals surface area contributed by atoms with E-state index in [2.05, 4.69) is 5.32 Å². The minimum Gasteiger partial charge on any atom is -0.495 e. The van der Waals surface area contributed by atoms with Crippen molar-refractivity contribution >= 4 is 11.6 Å². The van der Waals surface area contributed by atoms with Crippen molar-refractivity contribution in [3.05, 3.63) is 28.8 Å². The predicted molar refractivity (Wildman–Crippen MR) is 62.9 cm³/mol. The zero-order chi connectivity index (χ0) is 11.5. The Morgan fingerprint density at radius 3 is 3.00 bits per heavy atom. The summed E-state index contributed by atoms with van der Waals surface area (Å²) in [5.74, 6) is 0.528. The van der Waals surface area contributed by atoms with E-state index in [1.54, 1.807) is 18.2 Å². The van der Waals surface area contributed by atoms with Gasteiger partial charge in [0, 0.05) is 6.04 Å². The van der Waals surface area contributed by atoms with Crippen LogP contribution in [0.25, 0.3) is 0 Å². The fraction of sp³-hybridized carbons (Fsp3) is 0.500. The summed E-state index contributed by atoms with van der Waals surface area (Å²) in [4.78, 5) is 0. The number of ether oxygens (including phenoxy) is 1. The van der Waals surface area contributed by atoms with Crippen LogP contribution in [0.4, 0.5) is 4.39 Å². The van der Waals surface area contributed by atoms with Crippen LogP contribution in [0, 0.1) is 0 Å².